The zero-order valence-corrected chi connectivity index (χ0v) is 21.2. The third-order valence-corrected chi connectivity index (χ3v) is 5.94. The molecule has 0 aliphatic heterocycles. The summed E-state index contributed by atoms with van der Waals surface area (Å²) in [6, 6.07) is 18.4. The monoisotopic (exact) mass is 482 g/mol. The van der Waals surface area contributed by atoms with Crippen molar-refractivity contribution in [3.8, 4) is 11.1 Å². The van der Waals surface area contributed by atoms with Crippen LogP contribution in [-0.2, 0) is 4.79 Å². The van der Waals surface area contributed by atoms with Crippen molar-refractivity contribution in [2.75, 3.05) is 51.1 Å². The van der Waals surface area contributed by atoms with Crippen molar-refractivity contribution in [3.63, 3.8) is 0 Å². The summed E-state index contributed by atoms with van der Waals surface area (Å²) in [4.78, 5) is 12.2. The maximum absolute atomic E-state index is 12.2. The molecule has 8 N–H and O–H groups in total. The molecule has 0 spiro atoms. The van der Waals surface area contributed by atoms with Crippen molar-refractivity contribution in [2.45, 2.75) is 51.0 Å². The number of hydrogen-bond donors (Lipinski definition) is 6. The number of carbonyl (C=O) groups excluding carboxylic acids is 1. The van der Waals surface area contributed by atoms with Crippen molar-refractivity contribution in [1.29, 1.82) is 0 Å². The average molecular weight is 483 g/mol. The minimum absolute atomic E-state index is 0.0435. The fourth-order valence-corrected chi connectivity index (χ4v) is 3.80. The van der Waals surface area contributed by atoms with Crippen LogP contribution in [0.25, 0.3) is 11.1 Å². The Morgan fingerprint density at radius 3 is 1.97 bits per heavy atom. The van der Waals surface area contributed by atoms with Gasteiger partial charge >= 0.3 is 0 Å². The molecule has 2 rings (SSSR count). The molecule has 1 atom stereocenters. The Morgan fingerprint density at radius 1 is 0.686 bits per heavy atom. The van der Waals surface area contributed by atoms with Gasteiger partial charge < -0.3 is 32.7 Å². The number of rotatable bonds is 20. The van der Waals surface area contributed by atoms with Crippen LogP contribution in [0.3, 0.4) is 0 Å². The molecule has 194 valence electrons. The highest BCUT2D eigenvalue weighted by molar-refractivity contribution is 5.81. The molecular formula is C28H46N6O. The van der Waals surface area contributed by atoms with E-state index in [4.69, 9.17) is 11.5 Å². The lowest BCUT2D eigenvalue weighted by Gasteiger charge is -2.13. The lowest BCUT2D eigenvalue weighted by Crippen LogP contribution is -2.41. The molecule has 2 aromatic carbocycles. The number of hydrogen-bond acceptors (Lipinski definition) is 6. The predicted octanol–water partition coefficient (Wildman–Crippen LogP) is 3.08. The van der Waals surface area contributed by atoms with E-state index in [9.17, 15) is 4.79 Å². The second-order valence-corrected chi connectivity index (χ2v) is 8.97. The van der Waals surface area contributed by atoms with Gasteiger partial charge in [0.1, 0.15) is 0 Å². The Morgan fingerprint density at radius 2 is 1.29 bits per heavy atom. The summed E-state index contributed by atoms with van der Waals surface area (Å²) in [5.41, 5.74) is 15.1. The van der Waals surface area contributed by atoms with Gasteiger partial charge in [-0.05, 0) is 101 Å². The topological polar surface area (TPSA) is 117 Å². The van der Waals surface area contributed by atoms with Crippen LogP contribution in [0.2, 0.25) is 0 Å². The molecule has 0 bridgehead atoms. The van der Waals surface area contributed by atoms with E-state index in [-0.39, 0.29) is 5.91 Å². The predicted molar refractivity (Wildman–Crippen MR) is 148 cm³/mol. The minimum atomic E-state index is -0.431. The molecule has 0 saturated heterocycles. The number of amides is 1. The van der Waals surface area contributed by atoms with Crippen molar-refractivity contribution >= 4 is 11.6 Å². The first-order chi connectivity index (χ1) is 17.2. The largest absolute Gasteiger partial charge is 0.385 e. The number of nitrogens with one attached hydrogen (secondary N) is 4. The van der Waals surface area contributed by atoms with Crippen LogP contribution >= 0.6 is 0 Å². The molecule has 0 fully saturated rings. The molecule has 7 nitrogen and oxygen atoms in total. The zero-order valence-electron chi connectivity index (χ0n) is 21.2. The molecule has 0 heterocycles. The molecule has 0 saturated carbocycles. The van der Waals surface area contributed by atoms with Gasteiger partial charge in [0.25, 0.3) is 0 Å². The summed E-state index contributed by atoms with van der Waals surface area (Å²) >= 11 is 0. The van der Waals surface area contributed by atoms with Crippen molar-refractivity contribution in [1.82, 2.24) is 16.0 Å². The Bertz CT molecular complexity index is 784. The maximum Gasteiger partial charge on any atom is 0.236 e. The highest BCUT2D eigenvalue weighted by atomic mass is 16.2. The third kappa shape index (κ3) is 13.3. The van der Waals surface area contributed by atoms with E-state index in [0.29, 0.717) is 13.0 Å². The summed E-state index contributed by atoms with van der Waals surface area (Å²) < 4.78 is 0. The Kier molecular flexibility index (Phi) is 15.5. The van der Waals surface area contributed by atoms with Gasteiger partial charge in [0.2, 0.25) is 5.91 Å². The van der Waals surface area contributed by atoms with E-state index in [1.165, 1.54) is 17.5 Å². The van der Waals surface area contributed by atoms with Crippen LogP contribution < -0.4 is 32.7 Å². The quantitative estimate of drug-likeness (QED) is 0.162. The van der Waals surface area contributed by atoms with Crippen LogP contribution in [0.5, 0.6) is 0 Å². The van der Waals surface area contributed by atoms with Gasteiger partial charge in [0.05, 0.1) is 6.04 Å². The highest BCUT2D eigenvalue weighted by Crippen LogP contribution is 2.21. The second kappa shape index (κ2) is 18.8. The number of unbranched alkanes of at least 4 members (excludes halogenated alkanes) is 2. The first-order valence-electron chi connectivity index (χ1n) is 13.2. The van der Waals surface area contributed by atoms with Gasteiger partial charge in [0.15, 0.2) is 0 Å². The molecule has 0 radical (unpaired) electrons. The van der Waals surface area contributed by atoms with Gasteiger partial charge in [-0.1, -0.05) is 42.5 Å². The summed E-state index contributed by atoms with van der Waals surface area (Å²) in [5.74, 6) is -0.0435. The molecule has 1 amide bonds. The lowest BCUT2D eigenvalue weighted by atomic mass is 10.1. The van der Waals surface area contributed by atoms with Crippen molar-refractivity contribution < 1.29 is 4.79 Å². The second-order valence-electron chi connectivity index (χ2n) is 8.97. The van der Waals surface area contributed by atoms with Crippen LogP contribution in [0.15, 0.2) is 54.6 Å². The van der Waals surface area contributed by atoms with Gasteiger partial charge in [0, 0.05) is 18.8 Å². The van der Waals surface area contributed by atoms with Gasteiger partial charge in [-0.2, -0.15) is 0 Å². The number of nitrogens with two attached hydrogens (primary N) is 2. The minimum Gasteiger partial charge on any atom is -0.385 e. The van der Waals surface area contributed by atoms with Gasteiger partial charge in [-0.25, -0.2) is 0 Å². The SMILES string of the molecule is NCCCNCCCCNCCCNC(=O)[C@@H](N)CCCCNc1ccc(-c2ccccc2)cc1. The Labute approximate surface area is 211 Å². The first kappa shape index (κ1) is 28.8. The molecule has 35 heavy (non-hydrogen) atoms. The number of benzene rings is 2. The van der Waals surface area contributed by atoms with E-state index in [1.807, 2.05) is 6.07 Å². The molecule has 0 aromatic heterocycles. The van der Waals surface area contributed by atoms with Crippen LogP contribution in [-0.4, -0.2) is 57.8 Å². The molecule has 0 unspecified atom stereocenters. The summed E-state index contributed by atoms with van der Waals surface area (Å²) in [7, 11) is 0. The van der Waals surface area contributed by atoms with Crippen LogP contribution in [0, 0.1) is 0 Å². The van der Waals surface area contributed by atoms with E-state index in [2.05, 4.69) is 69.8 Å². The van der Waals surface area contributed by atoms with Crippen LogP contribution in [0.1, 0.15) is 44.9 Å². The molecular weight excluding hydrogens is 436 g/mol. The summed E-state index contributed by atoms with van der Waals surface area (Å²) in [5, 5.41) is 13.2. The normalized spacial score (nSPS) is 11.8. The Balaban J connectivity index is 1.42. The average Bonchev–Trinajstić information content (AvgIpc) is 2.89. The van der Waals surface area contributed by atoms with Gasteiger partial charge in [-0.3, -0.25) is 4.79 Å². The fourth-order valence-electron chi connectivity index (χ4n) is 3.80. The molecule has 2 aromatic rings. The van der Waals surface area contributed by atoms with Crippen molar-refractivity contribution in [2.24, 2.45) is 11.5 Å². The molecule has 0 aliphatic rings. The molecule has 7 heteroatoms. The van der Waals surface area contributed by atoms with E-state index in [0.717, 1.165) is 77.1 Å². The van der Waals surface area contributed by atoms with E-state index >= 15 is 0 Å². The lowest BCUT2D eigenvalue weighted by molar-refractivity contribution is -0.122. The number of carbonyl (C=O) groups is 1. The standard InChI is InChI=1S/C28H46N6O/c29-17-8-20-31-18-6-7-19-32-21-9-23-34-28(35)27(30)12-4-5-22-33-26-15-13-25(14-16-26)24-10-2-1-3-11-24/h1-3,10-11,13-16,27,31-33H,4-9,12,17-23,29-30H2,(H,34,35)/t27-/m0/s1. The van der Waals surface area contributed by atoms with Crippen LogP contribution in [0.4, 0.5) is 5.69 Å². The summed E-state index contributed by atoms with van der Waals surface area (Å²) in [6.45, 7) is 6.26. The molecule has 0 aliphatic carbocycles. The third-order valence-electron chi connectivity index (χ3n) is 5.94. The zero-order chi connectivity index (χ0) is 25.0. The first-order valence-corrected chi connectivity index (χ1v) is 13.2. The fraction of sp³-hybridized carbons (Fsp3) is 0.536. The van der Waals surface area contributed by atoms with Crippen molar-refractivity contribution in [3.05, 3.63) is 54.6 Å². The van der Waals surface area contributed by atoms with Gasteiger partial charge in [-0.15, -0.1) is 0 Å². The Hall–Kier alpha value is -2.45. The highest BCUT2D eigenvalue weighted by Gasteiger charge is 2.11. The van der Waals surface area contributed by atoms with E-state index < -0.39 is 6.04 Å². The smallest absolute Gasteiger partial charge is 0.236 e. The number of anilines is 1. The maximum atomic E-state index is 12.2. The summed E-state index contributed by atoms with van der Waals surface area (Å²) in [6.07, 6.45) is 6.88. The van der Waals surface area contributed by atoms with E-state index in [1.54, 1.807) is 0 Å².